The van der Waals surface area contributed by atoms with Crippen LogP contribution in [0.2, 0.25) is 0 Å². The molecule has 8 heteroatoms. The highest BCUT2D eigenvalue weighted by molar-refractivity contribution is 7.84. The zero-order valence-electron chi connectivity index (χ0n) is 10.5. The molecule has 0 aliphatic rings. The molecule has 1 atom stereocenters. The van der Waals surface area contributed by atoms with Gasteiger partial charge >= 0.3 is 0 Å². The van der Waals surface area contributed by atoms with Gasteiger partial charge in [0.1, 0.15) is 10.7 Å². The molecule has 1 heterocycles. The van der Waals surface area contributed by atoms with E-state index in [9.17, 15) is 9.00 Å². The zero-order chi connectivity index (χ0) is 13.5. The van der Waals surface area contributed by atoms with Crippen LogP contribution in [0.4, 0.5) is 10.9 Å². The second-order valence-electron chi connectivity index (χ2n) is 3.65. The molecule has 1 amide bonds. The summed E-state index contributed by atoms with van der Waals surface area (Å²) in [7, 11) is -0.823. The van der Waals surface area contributed by atoms with E-state index >= 15 is 0 Å². The molecule has 0 radical (unpaired) electrons. The minimum absolute atomic E-state index is 0.226. The Morgan fingerprint density at radius 1 is 1.56 bits per heavy atom. The monoisotopic (exact) mass is 290 g/mol. The maximum absolute atomic E-state index is 11.8. The van der Waals surface area contributed by atoms with Crippen LogP contribution in [0, 0.1) is 0 Å². The van der Waals surface area contributed by atoms with Crippen LogP contribution in [0.25, 0.3) is 0 Å². The maximum atomic E-state index is 11.8. The third kappa shape index (κ3) is 4.61. The highest BCUT2D eigenvalue weighted by atomic mass is 32.2. The van der Waals surface area contributed by atoms with Crippen LogP contribution in [0.1, 0.15) is 23.0 Å². The highest BCUT2D eigenvalue weighted by Gasteiger charge is 2.15. The van der Waals surface area contributed by atoms with Gasteiger partial charge in [0.05, 0.1) is 0 Å². The van der Waals surface area contributed by atoms with Gasteiger partial charge in [0.2, 0.25) is 0 Å². The lowest BCUT2D eigenvalue weighted by molar-refractivity contribution is 0.0958. The predicted molar refractivity (Wildman–Crippen MR) is 76.6 cm³/mol. The third-order valence-electron chi connectivity index (χ3n) is 2.08. The first-order valence-corrected chi connectivity index (χ1v) is 8.17. The van der Waals surface area contributed by atoms with Crippen LogP contribution in [0.15, 0.2) is 0 Å². The molecule has 4 N–H and O–H groups in total. The summed E-state index contributed by atoms with van der Waals surface area (Å²) in [6, 6.07) is 0. The molecule has 0 saturated carbocycles. The van der Waals surface area contributed by atoms with Gasteiger partial charge in [0.25, 0.3) is 5.91 Å². The summed E-state index contributed by atoms with van der Waals surface area (Å²) in [6.45, 7) is 3.17. The minimum atomic E-state index is -0.823. The van der Waals surface area contributed by atoms with Gasteiger partial charge < -0.3 is 16.4 Å². The lowest BCUT2D eigenvalue weighted by Gasteiger charge is -2.02. The highest BCUT2D eigenvalue weighted by Crippen LogP contribution is 2.24. The SMILES string of the molecule is CCNc1nc(N)c(C(=O)NCCCS(C)=O)s1. The largest absolute Gasteiger partial charge is 0.382 e. The Labute approximate surface area is 113 Å². The van der Waals surface area contributed by atoms with Gasteiger partial charge in [-0.15, -0.1) is 0 Å². The van der Waals surface area contributed by atoms with Crippen molar-refractivity contribution in [3.63, 3.8) is 0 Å². The van der Waals surface area contributed by atoms with E-state index in [4.69, 9.17) is 5.73 Å². The fourth-order valence-electron chi connectivity index (χ4n) is 1.28. The van der Waals surface area contributed by atoms with Crippen molar-refractivity contribution in [1.82, 2.24) is 10.3 Å². The van der Waals surface area contributed by atoms with Crippen LogP contribution >= 0.6 is 11.3 Å². The first kappa shape index (κ1) is 14.9. The lowest BCUT2D eigenvalue weighted by atomic mass is 10.4. The van der Waals surface area contributed by atoms with Crippen molar-refractivity contribution < 1.29 is 9.00 Å². The van der Waals surface area contributed by atoms with Crippen LogP contribution < -0.4 is 16.4 Å². The van der Waals surface area contributed by atoms with Gasteiger partial charge in [0, 0.05) is 35.9 Å². The Balaban J connectivity index is 2.48. The summed E-state index contributed by atoms with van der Waals surface area (Å²) in [5, 5.41) is 6.40. The molecule has 0 spiro atoms. The van der Waals surface area contributed by atoms with Gasteiger partial charge in [-0.3, -0.25) is 9.00 Å². The van der Waals surface area contributed by atoms with E-state index in [2.05, 4.69) is 15.6 Å². The lowest BCUT2D eigenvalue weighted by Crippen LogP contribution is -2.25. The third-order valence-corrected chi connectivity index (χ3v) is 3.97. The zero-order valence-corrected chi connectivity index (χ0v) is 12.1. The number of hydrogen-bond acceptors (Lipinski definition) is 6. The van der Waals surface area contributed by atoms with Crippen molar-refractivity contribution in [2.75, 3.05) is 36.1 Å². The average Bonchev–Trinajstić information content (AvgIpc) is 2.66. The summed E-state index contributed by atoms with van der Waals surface area (Å²) in [6.07, 6.45) is 2.33. The molecule has 1 unspecified atom stereocenters. The summed E-state index contributed by atoms with van der Waals surface area (Å²) in [5.74, 6) is 0.602. The van der Waals surface area contributed by atoms with E-state index < -0.39 is 10.8 Å². The number of nitrogens with one attached hydrogen (secondary N) is 2. The first-order valence-electron chi connectivity index (χ1n) is 5.63. The Morgan fingerprint density at radius 2 is 2.28 bits per heavy atom. The van der Waals surface area contributed by atoms with Crippen molar-refractivity contribution >= 4 is 39.0 Å². The van der Waals surface area contributed by atoms with Crippen LogP contribution in [-0.4, -0.2) is 40.2 Å². The number of carbonyl (C=O) groups is 1. The molecule has 0 saturated heterocycles. The van der Waals surface area contributed by atoms with Gasteiger partial charge in [-0.25, -0.2) is 4.98 Å². The van der Waals surface area contributed by atoms with Gasteiger partial charge in [0.15, 0.2) is 5.13 Å². The average molecular weight is 290 g/mol. The summed E-state index contributed by atoms with van der Waals surface area (Å²) < 4.78 is 10.8. The van der Waals surface area contributed by atoms with Gasteiger partial charge in [-0.1, -0.05) is 11.3 Å². The van der Waals surface area contributed by atoms with Crippen LogP contribution in [0.5, 0.6) is 0 Å². The fourth-order valence-corrected chi connectivity index (χ4v) is 2.70. The Hall–Kier alpha value is -1.15. The molecule has 102 valence electrons. The number of rotatable bonds is 7. The number of anilines is 2. The molecule has 0 fully saturated rings. The molecular weight excluding hydrogens is 272 g/mol. The minimum Gasteiger partial charge on any atom is -0.382 e. The van der Waals surface area contributed by atoms with Crippen molar-refractivity contribution in [3.8, 4) is 0 Å². The van der Waals surface area contributed by atoms with E-state index in [1.807, 2.05) is 6.92 Å². The quantitative estimate of drug-likeness (QED) is 0.641. The summed E-state index contributed by atoms with van der Waals surface area (Å²) in [4.78, 5) is 16.3. The maximum Gasteiger partial charge on any atom is 0.265 e. The molecule has 1 aromatic rings. The predicted octanol–water partition coefficient (Wildman–Crippen LogP) is 0.655. The number of aromatic nitrogens is 1. The van der Waals surface area contributed by atoms with Crippen molar-refractivity contribution in [3.05, 3.63) is 4.88 Å². The molecule has 1 aromatic heterocycles. The van der Waals surface area contributed by atoms with E-state index in [0.29, 0.717) is 28.7 Å². The number of nitrogens with zero attached hydrogens (tertiary/aromatic N) is 1. The molecule has 18 heavy (non-hydrogen) atoms. The van der Waals surface area contributed by atoms with Gasteiger partial charge in [-0.05, 0) is 13.3 Å². The number of amides is 1. The number of carbonyl (C=O) groups excluding carboxylic acids is 1. The molecular formula is C10H18N4O2S2. The molecule has 0 aromatic carbocycles. The van der Waals surface area contributed by atoms with Crippen molar-refractivity contribution in [2.24, 2.45) is 0 Å². The summed E-state index contributed by atoms with van der Waals surface area (Å²) >= 11 is 1.24. The van der Waals surface area contributed by atoms with Gasteiger partial charge in [-0.2, -0.15) is 0 Å². The Bertz CT molecular complexity index is 434. The number of nitrogen functional groups attached to an aromatic ring is 1. The van der Waals surface area contributed by atoms with Crippen LogP contribution in [0.3, 0.4) is 0 Å². The molecule has 0 aliphatic heterocycles. The Morgan fingerprint density at radius 3 is 2.89 bits per heavy atom. The normalized spacial score (nSPS) is 12.1. The van der Waals surface area contributed by atoms with E-state index in [0.717, 1.165) is 6.54 Å². The summed E-state index contributed by atoms with van der Waals surface area (Å²) in [5.41, 5.74) is 5.67. The molecule has 6 nitrogen and oxygen atoms in total. The second kappa shape index (κ2) is 7.32. The van der Waals surface area contributed by atoms with Crippen LogP contribution in [-0.2, 0) is 10.8 Å². The first-order chi connectivity index (χ1) is 8.54. The smallest absolute Gasteiger partial charge is 0.265 e. The van der Waals surface area contributed by atoms with E-state index in [1.165, 1.54) is 11.3 Å². The van der Waals surface area contributed by atoms with E-state index in [-0.39, 0.29) is 11.7 Å². The topological polar surface area (TPSA) is 97.1 Å². The molecule has 1 rings (SSSR count). The second-order valence-corrected chi connectivity index (χ2v) is 6.20. The van der Waals surface area contributed by atoms with E-state index in [1.54, 1.807) is 6.26 Å². The number of thiazole rings is 1. The fraction of sp³-hybridized carbons (Fsp3) is 0.600. The number of hydrogen-bond donors (Lipinski definition) is 3. The number of nitrogens with two attached hydrogens (primary N) is 1. The van der Waals surface area contributed by atoms with Crippen molar-refractivity contribution in [2.45, 2.75) is 13.3 Å². The molecule has 0 bridgehead atoms. The Kier molecular flexibility index (Phi) is 6.06. The molecule has 0 aliphatic carbocycles. The van der Waals surface area contributed by atoms with Crippen molar-refractivity contribution in [1.29, 1.82) is 0 Å². The standard InChI is InChI=1S/C10H18N4O2S2/c1-3-12-10-14-8(11)7(17-10)9(15)13-5-4-6-18(2)16/h3-6,11H2,1-2H3,(H,12,14)(H,13,15).